The summed E-state index contributed by atoms with van der Waals surface area (Å²) in [6, 6.07) is 48.1. The average Bonchev–Trinajstić information content (AvgIpc) is 3.53. The molecular weight excluding hydrogens is 406 g/mol. The summed E-state index contributed by atoms with van der Waals surface area (Å²) >= 11 is 0. The first-order valence-corrected chi connectivity index (χ1v) is 9.81. The van der Waals surface area contributed by atoms with E-state index in [4.69, 9.17) is 0 Å². The summed E-state index contributed by atoms with van der Waals surface area (Å²) in [5.74, 6) is 0. The topological polar surface area (TPSA) is 3.24 Å². The molecule has 0 saturated heterocycles. The molecule has 0 unspecified atom stereocenters. The van der Waals surface area contributed by atoms with E-state index in [1.165, 1.54) is 16.8 Å². The van der Waals surface area contributed by atoms with Crippen LogP contribution >= 0.6 is 0 Å². The van der Waals surface area contributed by atoms with Gasteiger partial charge < -0.3 is 4.90 Å². The zero-order valence-electron chi connectivity index (χ0n) is 16.6. The van der Waals surface area contributed by atoms with E-state index in [1.807, 2.05) is 30.3 Å². The van der Waals surface area contributed by atoms with Crippen molar-refractivity contribution in [1.29, 1.82) is 0 Å². The quantitative estimate of drug-likeness (QED) is 0.207. The summed E-state index contributed by atoms with van der Waals surface area (Å²) in [7, 11) is 0. The van der Waals surface area contributed by atoms with Crippen molar-refractivity contribution in [3.8, 4) is 11.1 Å². The van der Waals surface area contributed by atoms with E-state index in [9.17, 15) is 0 Å². The first-order chi connectivity index (χ1) is 14.4. The van der Waals surface area contributed by atoms with E-state index in [1.54, 1.807) is 0 Å². The van der Waals surface area contributed by atoms with Gasteiger partial charge in [-0.05, 0) is 30.0 Å². The van der Waals surface area contributed by atoms with Gasteiger partial charge in [-0.25, -0.2) is 12.1 Å². The third kappa shape index (κ3) is 5.18. The van der Waals surface area contributed by atoms with Crippen LogP contribution in [0.3, 0.4) is 0 Å². The Balaban J connectivity index is 0.000000376. The summed E-state index contributed by atoms with van der Waals surface area (Å²) in [6.45, 7) is 0. The van der Waals surface area contributed by atoms with Crippen molar-refractivity contribution in [2.75, 3.05) is 4.90 Å². The first-order valence-electron chi connectivity index (χ1n) is 9.81. The molecule has 2 heteroatoms. The Morgan fingerprint density at radius 1 is 0.533 bits per heavy atom. The Labute approximate surface area is 189 Å². The molecular formula is C28H23FeN. The fourth-order valence-corrected chi connectivity index (χ4v) is 3.37. The molecule has 0 aromatic heterocycles. The van der Waals surface area contributed by atoms with Crippen LogP contribution in [-0.4, -0.2) is 0 Å². The smallest absolute Gasteiger partial charge is 0.343 e. The van der Waals surface area contributed by atoms with Gasteiger partial charge in [-0.3, -0.25) is 0 Å². The SMILES string of the molecule is [Fe+2].c1cc[cH-]c1.c1ccc(N(c2ccccc2)c2ccccc2-[c-]2cccc2)cc1. The van der Waals surface area contributed by atoms with Gasteiger partial charge in [0.05, 0.1) is 0 Å². The molecule has 0 saturated carbocycles. The molecule has 0 fully saturated rings. The second kappa shape index (κ2) is 11.0. The summed E-state index contributed by atoms with van der Waals surface area (Å²) in [6.07, 6.45) is 0. The maximum Gasteiger partial charge on any atom is 2.00 e. The van der Waals surface area contributed by atoms with E-state index in [0.29, 0.717) is 0 Å². The van der Waals surface area contributed by atoms with Gasteiger partial charge in [0, 0.05) is 11.4 Å². The van der Waals surface area contributed by atoms with Crippen molar-refractivity contribution in [3.05, 3.63) is 140 Å². The Kier molecular flexibility index (Phi) is 7.85. The van der Waals surface area contributed by atoms with E-state index >= 15 is 0 Å². The number of rotatable bonds is 4. The second-order valence-electron chi connectivity index (χ2n) is 6.66. The third-order valence-corrected chi connectivity index (χ3v) is 4.70. The van der Waals surface area contributed by atoms with Gasteiger partial charge in [0.15, 0.2) is 0 Å². The summed E-state index contributed by atoms with van der Waals surface area (Å²) in [5, 5.41) is 0. The van der Waals surface area contributed by atoms with Crippen LogP contribution < -0.4 is 4.90 Å². The van der Waals surface area contributed by atoms with E-state index in [0.717, 1.165) is 11.4 Å². The molecule has 0 N–H and O–H groups in total. The monoisotopic (exact) mass is 429 g/mol. The average molecular weight is 429 g/mol. The number of para-hydroxylation sites is 3. The van der Waals surface area contributed by atoms with Crippen LogP contribution in [0.15, 0.2) is 140 Å². The number of anilines is 3. The Bertz CT molecular complexity index is 1030. The minimum Gasteiger partial charge on any atom is -0.343 e. The fraction of sp³-hybridized carbons (Fsp3) is 0. The minimum atomic E-state index is 0. The van der Waals surface area contributed by atoms with Crippen molar-refractivity contribution in [3.63, 3.8) is 0 Å². The van der Waals surface area contributed by atoms with Crippen LogP contribution in [0, 0.1) is 0 Å². The predicted octanol–water partition coefficient (Wildman–Crippen LogP) is 7.95. The van der Waals surface area contributed by atoms with E-state index < -0.39 is 0 Å². The zero-order valence-corrected chi connectivity index (χ0v) is 17.7. The van der Waals surface area contributed by atoms with Crippen molar-refractivity contribution in [2.24, 2.45) is 0 Å². The molecule has 0 atom stereocenters. The molecule has 0 spiro atoms. The molecule has 1 nitrogen and oxygen atoms in total. The predicted molar refractivity (Wildman–Crippen MR) is 124 cm³/mol. The molecule has 0 bridgehead atoms. The van der Waals surface area contributed by atoms with Crippen LogP contribution in [0.2, 0.25) is 0 Å². The normalized spacial score (nSPS) is 9.73. The van der Waals surface area contributed by atoms with Crippen LogP contribution in [-0.2, 0) is 17.1 Å². The Morgan fingerprint density at radius 2 is 1.03 bits per heavy atom. The summed E-state index contributed by atoms with van der Waals surface area (Å²) < 4.78 is 0. The number of hydrogen-bond donors (Lipinski definition) is 0. The largest absolute Gasteiger partial charge is 2.00 e. The van der Waals surface area contributed by atoms with Crippen LogP contribution in [0.5, 0.6) is 0 Å². The Hall–Kier alpha value is -3.32. The van der Waals surface area contributed by atoms with E-state index in [2.05, 4.69) is 114 Å². The molecule has 0 radical (unpaired) electrons. The second-order valence-corrected chi connectivity index (χ2v) is 6.66. The number of nitrogens with zero attached hydrogens (tertiary/aromatic N) is 1. The maximum absolute atomic E-state index is 2.31. The van der Waals surface area contributed by atoms with Crippen LogP contribution in [0.25, 0.3) is 11.1 Å². The minimum absolute atomic E-state index is 0. The molecule has 5 aromatic carbocycles. The maximum atomic E-state index is 2.31. The standard InChI is InChI=1S/C23H18N.C5H5.Fe/c1-3-13-20(14-4-1)24(21-15-5-2-6-16-21)23-18-10-9-17-22(23)19-11-7-8-12-19;1-2-4-5-3-1;/h1-18H;1-5H;/q2*-1;+2. The molecule has 148 valence electrons. The molecule has 0 aliphatic heterocycles. The molecule has 30 heavy (non-hydrogen) atoms. The molecule has 0 aliphatic carbocycles. The summed E-state index contributed by atoms with van der Waals surface area (Å²) in [5.41, 5.74) is 5.96. The number of benzene rings is 3. The van der Waals surface area contributed by atoms with Gasteiger partial charge in [-0.2, -0.15) is 30.3 Å². The van der Waals surface area contributed by atoms with Crippen molar-refractivity contribution in [1.82, 2.24) is 0 Å². The van der Waals surface area contributed by atoms with Crippen LogP contribution in [0.4, 0.5) is 17.1 Å². The van der Waals surface area contributed by atoms with E-state index in [-0.39, 0.29) is 17.1 Å². The summed E-state index contributed by atoms with van der Waals surface area (Å²) in [4.78, 5) is 2.31. The van der Waals surface area contributed by atoms with Crippen molar-refractivity contribution in [2.45, 2.75) is 0 Å². The van der Waals surface area contributed by atoms with Crippen LogP contribution in [0.1, 0.15) is 0 Å². The molecule has 5 rings (SSSR count). The van der Waals surface area contributed by atoms with Crippen molar-refractivity contribution < 1.29 is 17.1 Å². The van der Waals surface area contributed by atoms with Crippen molar-refractivity contribution >= 4 is 17.1 Å². The zero-order chi connectivity index (χ0) is 19.7. The Morgan fingerprint density at radius 3 is 1.53 bits per heavy atom. The van der Waals surface area contributed by atoms with Gasteiger partial charge >= 0.3 is 17.1 Å². The van der Waals surface area contributed by atoms with Gasteiger partial charge in [0.1, 0.15) is 0 Å². The van der Waals surface area contributed by atoms with Gasteiger partial charge in [-0.1, -0.05) is 65.7 Å². The fourth-order valence-electron chi connectivity index (χ4n) is 3.37. The van der Waals surface area contributed by atoms with Gasteiger partial charge in [-0.15, -0.1) is 18.2 Å². The van der Waals surface area contributed by atoms with Gasteiger partial charge in [0.2, 0.25) is 0 Å². The molecule has 0 aliphatic rings. The molecule has 0 heterocycles. The van der Waals surface area contributed by atoms with Gasteiger partial charge in [0.25, 0.3) is 0 Å². The molecule has 0 amide bonds. The third-order valence-electron chi connectivity index (χ3n) is 4.70. The molecule has 5 aromatic rings. The number of hydrogen-bond acceptors (Lipinski definition) is 1. The first kappa shape index (κ1) is 21.4.